The maximum Gasteiger partial charge on any atom is 0.275 e. The van der Waals surface area contributed by atoms with Gasteiger partial charge < -0.3 is 14.1 Å². The van der Waals surface area contributed by atoms with Crippen LogP contribution < -0.4 is 4.74 Å². The molecule has 0 saturated carbocycles. The van der Waals surface area contributed by atoms with Crippen molar-refractivity contribution in [3.05, 3.63) is 65.9 Å². The lowest BCUT2D eigenvalue weighted by atomic mass is 10.3. The number of aromatic amines is 1. The maximum absolute atomic E-state index is 13.5. The van der Waals surface area contributed by atoms with Gasteiger partial charge in [0.25, 0.3) is 5.91 Å². The van der Waals surface area contributed by atoms with Crippen molar-refractivity contribution in [1.82, 2.24) is 20.1 Å². The molecule has 0 aliphatic heterocycles. The molecule has 124 valence electrons. The zero-order chi connectivity index (χ0) is 16.9. The number of oxazole rings is 1. The van der Waals surface area contributed by atoms with Gasteiger partial charge in [0.1, 0.15) is 6.26 Å². The highest BCUT2D eigenvalue weighted by Gasteiger charge is 2.17. The van der Waals surface area contributed by atoms with E-state index < -0.39 is 5.82 Å². The third kappa shape index (κ3) is 3.60. The second-order valence-electron chi connectivity index (χ2n) is 5.09. The van der Waals surface area contributed by atoms with Gasteiger partial charge in [0.15, 0.2) is 23.9 Å². The number of hydrogen-bond donors (Lipinski definition) is 1. The summed E-state index contributed by atoms with van der Waals surface area (Å²) >= 11 is 0. The number of rotatable bonds is 6. The molecule has 2 aromatic heterocycles. The molecule has 1 amide bonds. The molecule has 1 aromatic carbocycles. The fourth-order valence-corrected chi connectivity index (χ4v) is 2.07. The van der Waals surface area contributed by atoms with E-state index in [1.165, 1.54) is 23.3 Å². The summed E-state index contributed by atoms with van der Waals surface area (Å²) in [4.78, 5) is 17.8. The summed E-state index contributed by atoms with van der Waals surface area (Å²) in [7, 11) is 1.65. The standard InChI is InChI=1S/C16H15FN4O3/c1-21(8-11-6-7-18-20-11)16(22)13-9-24-15(19-13)10-23-14-5-3-2-4-12(14)17/h2-7,9H,8,10H2,1H3,(H,18,20). The van der Waals surface area contributed by atoms with E-state index in [0.29, 0.717) is 6.54 Å². The Balaban J connectivity index is 1.60. The van der Waals surface area contributed by atoms with Crippen LogP contribution >= 0.6 is 0 Å². The van der Waals surface area contributed by atoms with E-state index in [9.17, 15) is 9.18 Å². The molecule has 2 heterocycles. The van der Waals surface area contributed by atoms with Crippen molar-refractivity contribution in [2.45, 2.75) is 13.2 Å². The van der Waals surface area contributed by atoms with Crippen molar-refractivity contribution in [3.8, 4) is 5.75 Å². The Labute approximate surface area is 137 Å². The van der Waals surface area contributed by atoms with E-state index in [1.54, 1.807) is 31.4 Å². The fraction of sp³-hybridized carbons (Fsp3) is 0.188. The molecular formula is C16H15FN4O3. The predicted octanol–water partition coefficient (Wildman–Crippen LogP) is 2.39. The van der Waals surface area contributed by atoms with Gasteiger partial charge in [0.2, 0.25) is 5.89 Å². The Morgan fingerprint density at radius 3 is 2.96 bits per heavy atom. The third-order valence-corrected chi connectivity index (χ3v) is 3.27. The molecule has 3 rings (SSSR count). The van der Waals surface area contributed by atoms with Crippen LogP contribution in [0.4, 0.5) is 4.39 Å². The van der Waals surface area contributed by atoms with Crippen molar-refractivity contribution < 1.29 is 18.3 Å². The molecule has 0 spiro atoms. The lowest BCUT2D eigenvalue weighted by Gasteiger charge is -2.13. The molecule has 3 aromatic rings. The second kappa shape index (κ2) is 6.95. The number of nitrogens with one attached hydrogen (secondary N) is 1. The molecule has 0 aliphatic carbocycles. The lowest BCUT2D eigenvalue weighted by molar-refractivity contribution is 0.0777. The van der Waals surface area contributed by atoms with Crippen molar-refractivity contribution in [2.24, 2.45) is 0 Å². The van der Waals surface area contributed by atoms with Crippen molar-refractivity contribution in [2.75, 3.05) is 7.05 Å². The molecular weight excluding hydrogens is 315 g/mol. The van der Waals surface area contributed by atoms with Gasteiger partial charge in [0, 0.05) is 13.2 Å². The van der Waals surface area contributed by atoms with Crippen LogP contribution in [0, 0.1) is 5.82 Å². The Kier molecular flexibility index (Phi) is 4.55. The quantitative estimate of drug-likeness (QED) is 0.750. The van der Waals surface area contributed by atoms with Gasteiger partial charge in [-0.15, -0.1) is 0 Å². The van der Waals surface area contributed by atoms with Crippen molar-refractivity contribution in [3.63, 3.8) is 0 Å². The lowest BCUT2D eigenvalue weighted by Crippen LogP contribution is -2.26. The first kappa shape index (κ1) is 15.7. The molecule has 0 radical (unpaired) electrons. The van der Waals surface area contributed by atoms with Gasteiger partial charge in [-0.05, 0) is 18.2 Å². The summed E-state index contributed by atoms with van der Waals surface area (Å²) in [5.74, 6) is -0.485. The summed E-state index contributed by atoms with van der Waals surface area (Å²) in [5.41, 5.74) is 0.960. The molecule has 0 unspecified atom stereocenters. The van der Waals surface area contributed by atoms with Gasteiger partial charge in [0.05, 0.1) is 12.2 Å². The molecule has 7 nitrogen and oxygen atoms in total. The van der Waals surface area contributed by atoms with Crippen LogP contribution in [0.15, 0.2) is 47.2 Å². The number of nitrogens with zero attached hydrogens (tertiary/aromatic N) is 3. The minimum atomic E-state index is -0.473. The number of halogens is 1. The zero-order valence-electron chi connectivity index (χ0n) is 12.9. The van der Waals surface area contributed by atoms with Crippen LogP contribution in [-0.4, -0.2) is 33.0 Å². The molecule has 0 atom stereocenters. The van der Waals surface area contributed by atoms with E-state index in [0.717, 1.165) is 5.69 Å². The van der Waals surface area contributed by atoms with Gasteiger partial charge in [-0.25, -0.2) is 9.37 Å². The first-order chi connectivity index (χ1) is 11.6. The monoisotopic (exact) mass is 330 g/mol. The molecule has 0 saturated heterocycles. The van der Waals surface area contributed by atoms with Gasteiger partial charge in [-0.2, -0.15) is 5.10 Å². The number of amides is 1. The minimum absolute atomic E-state index is 0.0710. The number of carbonyl (C=O) groups excluding carboxylic acids is 1. The Morgan fingerprint density at radius 2 is 2.21 bits per heavy atom. The summed E-state index contributed by atoms with van der Waals surface area (Å²) < 4.78 is 24.0. The average Bonchev–Trinajstić information content (AvgIpc) is 3.25. The van der Waals surface area contributed by atoms with Gasteiger partial charge in [-0.1, -0.05) is 12.1 Å². The first-order valence-electron chi connectivity index (χ1n) is 7.19. The van der Waals surface area contributed by atoms with Gasteiger partial charge in [-0.3, -0.25) is 9.89 Å². The van der Waals surface area contributed by atoms with Crippen LogP contribution in [0.5, 0.6) is 5.75 Å². The Hall–Kier alpha value is -3.16. The van der Waals surface area contributed by atoms with E-state index in [2.05, 4.69) is 15.2 Å². The highest BCUT2D eigenvalue weighted by atomic mass is 19.1. The number of para-hydroxylation sites is 1. The van der Waals surface area contributed by atoms with Crippen LogP contribution in [0.3, 0.4) is 0 Å². The third-order valence-electron chi connectivity index (χ3n) is 3.27. The molecule has 1 N–H and O–H groups in total. The van der Waals surface area contributed by atoms with Crippen LogP contribution in [0.1, 0.15) is 22.1 Å². The minimum Gasteiger partial charge on any atom is -0.481 e. The normalized spacial score (nSPS) is 10.6. The van der Waals surface area contributed by atoms with Crippen LogP contribution in [-0.2, 0) is 13.2 Å². The van der Waals surface area contributed by atoms with Crippen molar-refractivity contribution >= 4 is 5.91 Å². The summed E-state index contributed by atoms with van der Waals surface area (Å²) in [6.45, 7) is 0.297. The molecule has 8 heteroatoms. The number of H-pyrrole nitrogens is 1. The number of aromatic nitrogens is 3. The van der Waals surface area contributed by atoms with Crippen molar-refractivity contribution in [1.29, 1.82) is 0 Å². The highest BCUT2D eigenvalue weighted by molar-refractivity contribution is 5.91. The van der Waals surface area contributed by atoms with Crippen LogP contribution in [0.2, 0.25) is 0 Å². The van der Waals surface area contributed by atoms with E-state index in [-0.39, 0.29) is 29.8 Å². The predicted molar refractivity (Wildman–Crippen MR) is 81.6 cm³/mol. The fourth-order valence-electron chi connectivity index (χ4n) is 2.07. The van der Waals surface area contributed by atoms with Crippen LogP contribution in [0.25, 0.3) is 0 Å². The molecule has 0 fully saturated rings. The number of ether oxygens (including phenoxy) is 1. The largest absolute Gasteiger partial charge is 0.481 e. The maximum atomic E-state index is 13.5. The SMILES string of the molecule is CN(Cc1ccn[nH]1)C(=O)c1coc(COc2ccccc2F)n1. The van der Waals surface area contributed by atoms with E-state index in [1.807, 2.05) is 0 Å². The Morgan fingerprint density at radius 1 is 1.38 bits per heavy atom. The summed E-state index contributed by atoms with van der Waals surface area (Å²) in [6, 6.07) is 7.81. The molecule has 0 aliphatic rings. The number of carbonyl (C=O) groups is 1. The average molecular weight is 330 g/mol. The van der Waals surface area contributed by atoms with E-state index in [4.69, 9.17) is 9.15 Å². The zero-order valence-corrected chi connectivity index (χ0v) is 12.9. The number of hydrogen-bond acceptors (Lipinski definition) is 5. The highest BCUT2D eigenvalue weighted by Crippen LogP contribution is 2.17. The summed E-state index contributed by atoms with van der Waals surface area (Å²) in [6.07, 6.45) is 2.87. The summed E-state index contributed by atoms with van der Waals surface area (Å²) in [5, 5.41) is 6.61. The van der Waals surface area contributed by atoms with E-state index >= 15 is 0 Å². The smallest absolute Gasteiger partial charge is 0.275 e. The number of benzene rings is 1. The molecule has 0 bridgehead atoms. The topological polar surface area (TPSA) is 84.2 Å². The Bertz CT molecular complexity index is 816. The first-order valence-corrected chi connectivity index (χ1v) is 7.19. The second-order valence-corrected chi connectivity index (χ2v) is 5.09. The van der Waals surface area contributed by atoms with Gasteiger partial charge >= 0.3 is 0 Å². The molecule has 24 heavy (non-hydrogen) atoms.